The van der Waals surface area contributed by atoms with Crippen molar-refractivity contribution in [2.75, 3.05) is 0 Å². The minimum atomic E-state index is -0.937. The van der Waals surface area contributed by atoms with Gasteiger partial charge in [0.2, 0.25) is 0 Å². The molecule has 2 saturated heterocycles. The molecule has 2 aromatic rings. The summed E-state index contributed by atoms with van der Waals surface area (Å²) in [5.74, 6) is 0. The van der Waals surface area contributed by atoms with E-state index >= 15 is 0 Å². The van der Waals surface area contributed by atoms with Gasteiger partial charge in [0, 0.05) is 16.1 Å². The fourth-order valence-electron chi connectivity index (χ4n) is 6.25. The third-order valence-electron chi connectivity index (χ3n) is 8.58. The van der Waals surface area contributed by atoms with Crippen LogP contribution in [0, 0.1) is 0 Å². The number of halogens is 2. The van der Waals surface area contributed by atoms with Crippen molar-refractivity contribution >= 4 is 26.5 Å². The van der Waals surface area contributed by atoms with Crippen LogP contribution < -0.4 is 35.2 Å². The molecule has 0 unspecified atom stereocenters. The van der Waals surface area contributed by atoms with Gasteiger partial charge in [-0.3, -0.25) is 0 Å². The van der Waals surface area contributed by atoms with Crippen LogP contribution in [-0.4, -0.2) is 16.1 Å². The van der Waals surface area contributed by atoms with E-state index in [4.69, 9.17) is 0 Å². The van der Waals surface area contributed by atoms with Crippen molar-refractivity contribution in [1.29, 1.82) is 0 Å². The molecule has 0 bridgehead atoms. The molecule has 2 aliphatic heterocycles. The summed E-state index contributed by atoms with van der Waals surface area (Å²) in [5, 5.41) is 3.57. The second-order valence-electron chi connectivity index (χ2n) is 11.0. The molecule has 0 radical (unpaired) electrons. The Morgan fingerprint density at radius 1 is 0.629 bits per heavy atom. The summed E-state index contributed by atoms with van der Waals surface area (Å²) in [6.45, 7) is 9.27. The summed E-state index contributed by atoms with van der Waals surface area (Å²) < 4.78 is 0. The summed E-state index contributed by atoms with van der Waals surface area (Å²) in [5.41, 5.74) is 3.21. The van der Waals surface area contributed by atoms with Gasteiger partial charge in [0.05, 0.1) is 0 Å². The molecule has 0 spiro atoms. The first kappa shape index (κ1) is 35.6. The van der Waals surface area contributed by atoms with Crippen LogP contribution in [-0.2, 0) is 39.0 Å². The predicted molar refractivity (Wildman–Crippen MR) is 151 cm³/mol. The molecule has 0 atom stereocenters. The van der Waals surface area contributed by atoms with Crippen LogP contribution in [0.4, 0.5) is 0 Å². The average Bonchev–Trinajstić information content (AvgIpc) is 3.41. The molecule has 2 heterocycles. The molecule has 35 heavy (non-hydrogen) atoms. The summed E-state index contributed by atoms with van der Waals surface area (Å²) in [7, 11) is -1.87. The summed E-state index contributed by atoms with van der Waals surface area (Å²) in [6.07, 6.45) is 13.7. The number of unbranched alkanes of at least 4 members (excludes halogenated alkanes) is 2. The molecule has 0 aromatic heterocycles. The Hall–Kier alpha value is 0.597. The Bertz CT molecular complexity index is 724. The number of hydrogen-bond donors (Lipinski definition) is 0. The Kier molecular flexibility index (Phi) is 18.3. The number of hydrogen-bond acceptors (Lipinski definition) is 0. The van der Waals surface area contributed by atoms with E-state index in [1.165, 1.54) is 76.3 Å². The molecule has 0 saturated carbocycles. The van der Waals surface area contributed by atoms with Gasteiger partial charge in [-0.2, -0.15) is 35.4 Å². The standard InChI is InChI=1S/2C15H25Si.2ClH.Zr/c2*1-3-5-7-14-8-9-15(13-14)16(10-4-2)11-6-12-16;;;/h2*8-9,13H,3-7,10-12H2,1-2H3;2*1H;/q2*-1;;;+4/p-2. The summed E-state index contributed by atoms with van der Waals surface area (Å²) in [6, 6.07) is 24.2. The van der Waals surface area contributed by atoms with E-state index in [0.29, 0.717) is 0 Å². The normalized spacial score (nSPS) is 16.8. The maximum absolute atomic E-state index is 2.55. The van der Waals surface area contributed by atoms with E-state index in [1.807, 2.05) is 0 Å². The molecule has 0 amide bonds. The van der Waals surface area contributed by atoms with E-state index in [0.717, 1.165) is 0 Å². The van der Waals surface area contributed by atoms with Gasteiger partial charge < -0.3 is 24.8 Å². The van der Waals surface area contributed by atoms with Crippen molar-refractivity contribution in [2.45, 2.75) is 128 Å². The second-order valence-corrected chi connectivity index (χ2v) is 20.3. The fraction of sp³-hybridized carbons (Fsp3) is 0.667. The van der Waals surface area contributed by atoms with Gasteiger partial charge in [0.15, 0.2) is 0 Å². The predicted octanol–water partition coefficient (Wildman–Crippen LogP) is 2.44. The van der Waals surface area contributed by atoms with Gasteiger partial charge in [-0.1, -0.05) is 128 Å². The van der Waals surface area contributed by atoms with Crippen molar-refractivity contribution in [3.05, 3.63) is 47.5 Å². The van der Waals surface area contributed by atoms with Gasteiger partial charge in [0.1, 0.15) is 0 Å². The van der Waals surface area contributed by atoms with Crippen LogP contribution in [0.3, 0.4) is 0 Å². The molecule has 2 fully saturated rings. The fourth-order valence-corrected chi connectivity index (χ4v) is 15.2. The first-order chi connectivity index (χ1) is 15.6. The zero-order valence-corrected chi connectivity index (χ0v) is 29.0. The third-order valence-corrected chi connectivity index (χ3v) is 19.8. The van der Waals surface area contributed by atoms with Crippen molar-refractivity contribution in [1.82, 2.24) is 0 Å². The van der Waals surface area contributed by atoms with E-state index < -0.39 is 16.1 Å². The van der Waals surface area contributed by atoms with Gasteiger partial charge in [-0.05, 0) is 0 Å². The van der Waals surface area contributed by atoms with Crippen LogP contribution in [0.1, 0.15) is 90.2 Å². The van der Waals surface area contributed by atoms with Crippen molar-refractivity contribution < 1.29 is 51.0 Å². The maximum Gasteiger partial charge on any atom is 4.00 e. The smallest absolute Gasteiger partial charge is 1.00 e. The maximum atomic E-state index is 2.55. The van der Waals surface area contributed by atoms with E-state index in [-0.39, 0.29) is 51.0 Å². The molecule has 0 N–H and O–H groups in total. The molecule has 196 valence electrons. The monoisotopic (exact) mass is 626 g/mol. The topological polar surface area (TPSA) is 0 Å². The van der Waals surface area contributed by atoms with E-state index in [9.17, 15) is 0 Å². The molecule has 2 aliphatic rings. The molecular formula is C30H50Cl2Si2Zr. The molecule has 5 heteroatoms. The Morgan fingerprint density at radius 2 is 1.00 bits per heavy atom. The van der Waals surface area contributed by atoms with Crippen LogP contribution in [0.2, 0.25) is 36.3 Å². The van der Waals surface area contributed by atoms with Gasteiger partial charge in [-0.25, -0.2) is 22.5 Å². The van der Waals surface area contributed by atoms with Crippen molar-refractivity contribution in [3.63, 3.8) is 0 Å². The molecule has 0 nitrogen and oxygen atoms in total. The quantitative estimate of drug-likeness (QED) is 0.250. The Morgan fingerprint density at radius 3 is 1.26 bits per heavy atom. The Labute approximate surface area is 251 Å². The number of rotatable bonds is 12. The van der Waals surface area contributed by atoms with E-state index in [2.05, 4.69) is 64.1 Å². The van der Waals surface area contributed by atoms with Crippen LogP contribution >= 0.6 is 0 Å². The molecule has 2 aromatic carbocycles. The van der Waals surface area contributed by atoms with Gasteiger partial charge in [0.25, 0.3) is 0 Å². The van der Waals surface area contributed by atoms with Crippen LogP contribution in [0.5, 0.6) is 0 Å². The van der Waals surface area contributed by atoms with Crippen molar-refractivity contribution in [2.24, 2.45) is 0 Å². The minimum Gasteiger partial charge on any atom is -1.00 e. The SMILES string of the molecule is CCCC[c-]1ccc([Si]2(CCC)CCC2)c1.CCCC[c-]1ccc([Si]2(CCC)CCC2)c1.[Cl-].[Cl-].[Zr+4]. The number of aryl methyl sites for hydroxylation is 2. The van der Waals surface area contributed by atoms with Gasteiger partial charge in [-0.15, -0.1) is 0 Å². The first-order valence-corrected chi connectivity index (χ1v) is 19.4. The zero-order valence-electron chi connectivity index (χ0n) is 23.0. The minimum absolute atomic E-state index is 0. The van der Waals surface area contributed by atoms with Crippen LogP contribution in [0.25, 0.3) is 0 Å². The molecular weight excluding hydrogens is 579 g/mol. The Balaban J connectivity index is 0.000000608. The van der Waals surface area contributed by atoms with E-state index in [1.54, 1.807) is 45.7 Å². The zero-order chi connectivity index (χ0) is 22.9. The molecule has 4 rings (SSSR count). The van der Waals surface area contributed by atoms with Crippen LogP contribution in [0.15, 0.2) is 36.4 Å². The van der Waals surface area contributed by atoms with Crippen molar-refractivity contribution in [3.8, 4) is 0 Å². The average molecular weight is 629 g/mol. The summed E-state index contributed by atoms with van der Waals surface area (Å²) in [4.78, 5) is 0. The summed E-state index contributed by atoms with van der Waals surface area (Å²) >= 11 is 0. The first-order valence-electron chi connectivity index (χ1n) is 14.1. The third kappa shape index (κ3) is 9.38. The molecule has 0 aliphatic carbocycles. The van der Waals surface area contributed by atoms with Gasteiger partial charge >= 0.3 is 26.2 Å². The second kappa shape index (κ2) is 18.0. The largest absolute Gasteiger partial charge is 4.00 e.